The van der Waals surface area contributed by atoms with Crippen LogP contribution < -0.4 is 0 Å². The van der Waals surface area contributed by atoms with E-state index >= 15 is 0 Å². The molecule has 0 aliphatic carbocycles. The number of likely N-dealkylation sites (N-methyl/N-ethyl adjacent to an activating group) is 1. The van der Waals surface area contributed by atoms with E-state index in [0.29, 0.717) is 0 Å². The van der Waals surface area contributed by atoms with Gasteiger partial charge in [-0.05, 0) is 13.8 Å². The molecule has 0 aromatic rings. The van der Waals surface area contributed by atoms with Crippen molar-refractivity contribution in [3.8, 4) is 0 Å². The lowest BCUT2D eigenvalue weighted by molar-refractivity contribution is -0.906. The fraction of sp³-hybridized carbons (Fsp3) is 1.00. The molecule has 0 fully saturated rings. The largest absolute Gasteiger partial charge is 0.555 e. The molecule has 0 amide bonds. The first-order chi connectivity index (χ1) is 10.4. The third-order valence-electron chi connectivity index (χ3n) is 3.55. The van der Waals surface area contributed by atoms with Crippen LogP contribution in [0.5, 0.6) is 0 Å². The Kier molecular flexibility index (Phi) is 9.13. The zero-order chi connectivity index (χ0) is 20.0. The number of rotatable bonds is 7. The van der Waals surface area contributed by atoms with E-state index in [4.69, 9.17) is 4.74 Å². The van der Waals surface area contributed by atoms with Crippen LogP contribution in [-0.2, 0) is 4.74 Å². The molecule has 0 aliphatic heterocycles. The Hall–Kier alpha value is -0.715. The lowest BCUT2D eigenvalue weighted by Gasteiger charge is -2.34. The van der Waals surface area contributed by atoms with Crippen LogP contribution >= 0.6 is 0 Å². The molecule has 0 bridgehead atoms. The highest BCUT2D eigenvalue weighted by Gasteiger charge is 2.78. The zero-order valence-corrected chi connectivity index (χ0v) is 13.5. The van der Waals surface area contributed by atoms with Crippen molar-refractivity contribution in [2.45, 2.75) is 31.8 Å². The van der Waals surface area contributed by atoms with Crippen molar-refractivity contribution in [3.05, 3.63) is 0 Å². The predicted molar refractivity (Wildman–Crippen MR) is 69.0 cm³/mol. The van der Waals surface area contributed by atoms with E-state index in [2.05, 4.69) is 20.9 Å². The van der Waals surface area contributed by atoms with Gasteiger partial charge in [-0.3, -0.25) is 0 Å². The smallest absolute Gasteiger partial charge is 0.445 e. The minimum atomic E-state index is -7.63. The lowest BCUT2D eigenvalue weighted by Crippen LogP contribution is -2.62. The van der Waals surface area contributed by atoms with Crippen molar-refractivity contribution in [3.63, 3.8) is 0 Å². The highest BCUT2D eigenvalue weighted by molar-refractivity contribution is 6.61. The molecule has 0 unspecified atom stereocenters. The maximum atomic E-state index is 11.6. The van der Waals surface area contributed by atoms with Crippen LogP contribution in [0.1, 0.15) is 13.8 Å². The maximum absolute atomic E-state index is 11.6. The van der Waals surface area contributed by atoms with Gasteiger partial charge in [-0.25, -0.2) is 8.78 Å². The van der Waals surface area contributed by atoms with Crippen LogP contribution in [0.25, 0.3) is 0 Å². The molecule has 0 heterocycles. The number of halogens is 10. The molecule has 0 saturated heterocycles. The van der Waals surface area contributed by atoms with E-state index < -0.39 is 24.9 Å². The topological polar surface area (TPSA) is 9.23 Å². The molecule has 0 radical (unpaired) electrons. The summed E-state index contributed by atoms with van der Waals surface area (Å²) in [6.07, 6.45) is -6.95. The predicted octanol–water partition coefficient (Wildman–Crippen LogP) is 4.33. The average Bonchev–Trinajstić information content (AvgIpc) is 2.43. The van der Waals surface area contributed by atoms with Crippen molar-refractivity contribution in [1.82, 2.24) is 0 Å². The molecule has 0 aliphatic rings. The summed E-state index contributed by atoms with van der Waals surface area (Å²) in [4.78, 5) is 0. The van der Waals surface area contributed by atoms with Crippen molar-refractivity contribution in [1.29, 1.82) is 0 Å². The van der Waals surface area contributed by atoms with E-state index in [1.54, 1.807) is 7.11 Å². The van der Waals surface area contributed by atoms with Crippen LogP contribution in [0.2, 0.25) is 0 Å². The number of quaternary nitrogens is 1. The minimum Gasteiger partial charge on any atom is -0.445 e. The van der Waals surface area contributed by atoms with Gasteiger partial charge in [0.1, 0.15) is 6.54 Å². The van der Waals surface area contributed by atoms with E-state index in [-0.39, 0.29) is 0 Å². The Bertz CT molecular complexity index is 341. The van der Waals surface area contributed by atoms with Gasteiger partial charge >= 0.3 is 19.1 Å². The number of ether oxygens (including phenoxy) is 1. The first-order valence-corrected chi connectivity index (χ1v) is 6.77. The molecule has 0 atom stereocenters. The second-order valence-corrected chi connectivity index (χ2v) is 5.24. The Morgan fingerprint density at radius 1 is 0.875 bits per heavy atom. The fourth-order valence-corrected chi connectivity index (χ4v) is 1.25. The molecule has 0 saturated carbocycles. The highest BCUT2D eigenvalue weighted by atomic mass is 19.4. The Morgan fingerprint density at radius 3 is 1.42 bits per heavy atom. The SMILES string of the molecule is CC[N+](C)(CC)CCOC.F[B-](F)(F)C(F)(F)C(F)(F)C(F)(F)F. The standard InChI is InChI=1S/C8H20NO.C3BF10/c1-5-9(3,6-2)7-8-10-4;5-1(6,3(9,10)11)2(7,8)4(12,13)14/h5-8H2,1-4H3;/q+1;-1. The molecule has 2 nitrogen and oxygen atoms in total. The van der Waals surface area contributed by atoms with Gasteiger partial charge in [-0.1, -0.05) is 0 Å². The van der Waals surface area contributed by atoms with E-state index in [9.17, 15) is 43.7 Å². The number of hydrogen-bond donors (Lipinski definition) is 0. The van der Waals surface area contributed by atoms with Crippen LogP contribution in [0.15, 0.2) is 0 Å². The molecule has 0 aromatic heterocycles. The van der Waals surface area contributed by atoms with Gasteiger partial charge in [0, 0.05) is 7.11 Å². The first kappa shape index (κ1) is 25.5. The van der Waals surface area contributed by atoms with Crippen LogP contribution in [-0.4, -0.2) is 69.8 Å². The Balaban J connectivity index is 0. The van der Waals surface area contributed by atoms with Crippen LogP contribution in [0, 0.1) is 0 Å². The van der Waals surface area contributed by atoms with Crippen molar-refractivity contribution in [2.24, 2.45) is 0 Å². The second-order valence-electron chi connectivity index (χ2n) is 5.24. The van der Waals surface area contributed by atoms with Gasteiger partial charge in [0.15, 0.2) is 0 Å². The molecule has 24 heavy (non-hydrogen) atoms. The molecular weight excluding hydrogens is 363 g/mol. The van der Waals surface area contributed by atoms with Crippen molar-refractivity contribution in [2.75, 3.05) is 40.4 Å². The Morgan fingerprint density at radius 2 is 1.25 bits per heavy atom. The number of methoxy groups -OCH3 is 1. The average molecular weight is 383 g/mol. The minimum absolute atomic E-state index is 0.873. The summed E-state index contributed by atoms with van der Waals surface area (Å²) in [7, 11) is 4.02. The summed E-state index contributed by atoms with van der Waals surface area (Å²) >= 11 is 0. The number of hydrogen-bond acceptors (Lipinski definition) is 1. The third-order valence-corrected chi connectivity index (χ3v) is 3.55. The zero-order valence-electron chi connectivity index (χ0n) is 13.5. The molecule has 0 aromatic carbocycles. The summed E-state index contributed by atoms with van der Waals surface area (Å²) in [5, 5.41) is 0. The van der Waals surface area contributed by atoms with Gasteiger partial charge in [0.2, 0.25) is 0 Å². The number of nitrogens with zero attached hydrogens (tertiary/aromatic N) is 1. The van der Waals surface area contributed by atoms with E-state index in [1.807, 2.05) is 0 Å². The highest BCUT2D eigenvalue weighted by Crippen LogP contribution is 2.51. The normalized spacial score (nSPS) is 14.2. The van der Waals surface area contributed by atoms with Crippen molar-refractivity contribution < 1.29 is 52.9 Å². The third kappa shape index (κ3) is 6.30. The van der Waals surface area contributed by atoms with Gasteiger partial charge < -0.3 is 22.2 Å². The number of alkyl halides is 7. The molecule has 148 valence electrons. The van der Waals surface area contributed by atoms with Gasteiger partial charge in [-0.15, -0.1) is 0 Å². The van der Waals surface area contributed by atoms with Crippen LogP contribution in [0.3, 0.4) is 0 Å². The molecule has 13 heteroatoms. The molecule has 0 N–H and O–H groups in total. The van der Waals surface area contributed by atoms with Crippen LogP contribution in [0.4, 0.5) is 43.7 Å². The van der Waals surface area contributed by atoms with E-state index in [0.717, 1.165) is 17.6 Å². The quantitative estimate of drug-likeness (QED) is 0.362. The van der Waals surface area contributed by atoms with Gasteiger partial charge in [-0.2, -0.15) is 22.0 Å². The molecule has 0 spiro atoms. The van der Waals surface area contributed by atoms with Gasteiger partial charge in [0.05, 0.1) is 26.7 Å². The first-order valence-electron chi connectivity index (χ1n) is 6.77. The maximum Gasteiger partial charge on any atom is 0.555 e. The fourth-order valence-electron chi connectivity index (χ4n) is 1.25. The summed E-state index contributed by atoms with van der Waals surface area (Å²) in [5.41, 5.74) is 0. The lowest BCUT2D eigenvalue weighted by atomic mass is 9.76. The molecule has 0 rings (SSSR count). The summed E-state index contributed by atoms with van der Waals surface area (Å²) in [5.74, 6) is -14.2. The summed E-state index contributed by atoms with van der Waals surface area (Å²) < 4.78 is 120. The summed E-state index contributed by atoms with van der Waals surface area (Å²) in [6, 6.07) is 0. The van der Waals surface area contributed by atoms with E-state index in [1.165, 1.54) is 13.1 Å². The Labute approximate surface area is 133 Å². The molecular formula is C11H20BF10NO. The second kappa shape index (κ2) is 8.59. The monoisotopic (exact) mass is 383 g/mol. The van der Waals surface area contributed by atoms with Crippen molar-refractivity contribution >= 4 is 6.98 Å². The van der Waals surface area contributed by atoms with Gasteiger partial charge in [0.25, 0.3) is 5.82 Å². The summed E-state index contributed by atoms with van der Waals surface area (Å²) in [6.45, 7) is 1.21.